The number of carbonyl (C=O) groups excluding carboxylic acids is 1. The maximum absolute atomic E-state index is 11.9. The van der Waals surface area contributed by atoms with Crippen LogP contribution < -0.4 is 11.1 Å². The van der Waals surface area contributed by atoms with Gasteiger partial charge in [-0.1, -0.05) is 37.0 Å². The molecule has 0 aliphatic rings. The smallest absolute Gasteiger partial charge is 0.338 e. The zero-order valence-corrected chi connectivity index (χ0v) is 14.7. The lowest BCUT2D eigenvalue weighted by atomic mass is 10.2. The number of halogens is 2. The standard InChI is InChI=1S/C15H17Cl2N5O2/c1-8(2)12-20-14(18)22-15(21-12)19-5-6-24-13(23)9-3-4-10(16)11(17)7-9/h3-4,7-8H,5-6H2,1-2H3,(H3,18,19,20,21,22). The quantitative estimate of drug-likeness (QED) is 0.595. The van der Waals surface area contributed by atoms with Gasteiger partial charge in [-0.2, -0.15) is 15.0 Å². The predicted octanol–water partition coefficient (Wildman–Crippen LogP) is 3.15. The molecule has 0 aliphatic carbocycles. The van der Waals surface area contributed by atoms with Crippen molar-refractivity contribution in [3.63, 3.8) is 0 Å². The minimum atomic E-state index is -0.492. The van der Waals surface area contributed by atoms with Crippen LogP contribution >= 0.6 is 23.2 Å². The van der Waals surface area contributed by atoms with Crippen LogP contribution in [0.5, 0.6) is 0 Å². The third kappa shape index (κ3) is 4.94. The van der Waals surface area contributed by atoms with Gasteiger partial charge >= 0.3 is 5.97 Å². The molecule has 3 N–H and O–H groups in total. The van der Waals surface area contributed by atoms with E-state index in [0.29, 0.717) is 33.9 Å². The summed E-state index contributed by atoms with van der Waals surface area (Å²) in [6, 6.07) is 4.55. The molecule has 0 saturated carbocycles. The first kappa shape index (κ1) is 18.2. The molecule has 0 spiro atoms. The summed E-state index contributed by atoms with van der Waals surface area (Å²) in [7, 11) is 0. The second kappa shape index (κ2) is 8.12. The highest BCUT2D eigenvalue weighted by molar-refractivity contribution is 6.42. The molecule has 0 saturated heterocycles. The highest BCUT2D eigenvalue weighted by Crippen LogP contribution is 2.22. The summed E-state index contributed by atoms with van der Waals surface area (Å²) >= 11 is 11.7. The van der Waals surface area contributed by atoms with Crippen molar-refractivity contribution in [3.05, 3.63) is 39.6 Å². The molecule has 1 aromatic heterocycles. The number of benzene rings is 1. The van der Waals surface area contributed by atoms with Crippen molar-refractivity contribution < 1.29 is 9.53 Å². The van der Waals surface area contributed by atoms with Crippen LogP contribution in [0, 0.1) is 0 Å². The van der Waals surface area contributed by atoms with E-state index in [4.69, 9.17) is 33.7 Å². The number of nitrogen functional groups attached to an aromatic ring is 1. The van der Waals surface area contributed by atoms with Crippen LogP contribution in [0.3, 0.4) is 0 Å². The van der Waals surface area contributed by atoms with Crippen LogP contribution in [0.25, 0.3) is 0 Å². The molecule has 2 aromatic rings. The fourth-order valence-electron chi connectivity index (χ4n) is 1.76. The maximum Gasteiger partial charge on any atom is 0.338 e. The first-order chi connectivity index (χ1) is 11.4. The Kier molecular flexibility index (Phi) is 6.16. The van der Waals surface area contributed by atoms with E-state index in [1.807, 2.05) is 13.8 Å². The van der Waals surface area contributed by atoms with E-state index in [1.54, 1.807) is 12.1 Å². The van der Waals surface area contributed by atoms with E-state index in [9.17, 15) is 4.79 Å². The van der Waals surface area contributed by atoms with Crippen molar-refractivity contribution >= 4 is 41.1 Å². The summed E-state index contributed by atoms with van der Waals surface area (Å²) in [5, 5.41) is 3.62. The molecule has 128 valence electrons. The third-order valence-electron chi connectivity index (χ3n) is 2.96. The highest BCUT2D eigenvalue weighted by atomic mass is 35.5. The fraction of sp³-hybridized carbons (Fsp3) is 0.333. The Labute approximate surface area is 149 Å². The van der Waals surface area contributed by atoms with Crippen LogP contribution in [-0.4, -0.2) is 34.1 Å². The number of rotatable bonds is 6. The molecule has 7 nitrogen and oxygen atoms in total. The molecule has 9 heteroatoms. The van der Waals surface area contributed by atoms with Gasteiger partial charge in [-0.25, -0.2) is 4.79 Å². The number of esters is 1. The number of nitrogens with two attached hydrogens (primary N) is 1. The SMILES string of the molecule is CC(C)c1nc(N)nc(NCCOC(=O)c2ccc(Cl)c(Cl)c2)n1. The van der Waals surface area contributed by atoms with Gasteiger partial charge in [-0.3, -0.25) is 0 Å². The number of carbonyl (C=O) groups is 1. The molecule has 0 radical (unpaired) electrons. The molecule has 1 aromatic carbocycles. The number of aromatic nitrogens is 3. The van der Waals surface area contributed by atoms with E-state index in [-0.39, 0.29) is 18.5 Å². The summed E-state index contributed by atoms with van der Waals surface area (Å²) in [4.78, 5) is 24.2. The average Bonchev–Trinajstić information content (AvgIpc) is 2.53. The van der Waals surface area contributed by atoms with E-state index >= 15 is 0 Å². The van der Waals surface area contributed by atoms with Crippen LogP contribution in [-0.2, 0) is 4.74 Å². The Hall–Kier alpha value is -2.12. The zero-order chi connectivity index (χ0) is 17.7. The predicted molar refractivity (Wildman–Crippen MR) is 93.6 cm³/mol. The monoisotopic (exact) mass is 369 g/mol. The summed E-state index contributed by atoms with van der Waals surface area (Å²) in [6.45, 7) is 4.37. The van der Waals surface area contributed by atoms with Crippen LogP contribution in [0.15, 0.2) is 18.2 Å². The van der Waals surface area contributed by atoms with E-state index in [0.717, 1.165) is 0 Å². The molecule has 0 unspecified atom stereocenters. The third-order valence-corrected chi connectivity index (χ3v) is 3.70. The molecule has 2 rings (SSSR count). The normalized spacial score (nSPS) is 10.7. The van der Waals surface area contributed by atoms with Gasteiger partial charge in [-0.15, -0.1) is 0 Å². The van der Waals surface area contributed by atoms with Crippen molar-refractivity contribution in [2.75, 3.05) is 24.2 Å². The second-order valence-corrected chi connectivity index (χ2v) is 6.04. The summed E-state index contributed by atoms with van der Waals surface area (Å²) in [6.07, 6.45) is 0. The van der Waals surface area contributed by atoms with Gasteiger partial charge in [0.05, 0.1) is 22.2 Å². The lowest BCUT2D eigenvalue weighted by Gasteiger charge is -2.09. The number of nitrogens with zero attached hydrogens (tertiary/aromatic N) is 3. The van der Waals surface area contributed by atoms with Gasteiger partial charge in [0, 0.05) is 5.92 Å². The lowest BCUT2D eigenvalue weighted by Crippen LogP contribution is -2.17. The first-order valence-electron chi connectivity index (χ1n) is 7.24. The van der Waals surface area contributed by atoms with Crippen LogP contribution in [0.1, 0.15) is 35.9 Å². The van der Waals surface area contributed by atoms with Gasteiger partial charge in [-0.05, 0) is 18.2 Å². The van der Waals surface area contributed by atoms with E-state index in [1.165, 1.54) is 6.07 Å². The molecule has 0 amide bonds. The number of hydrogen-bond donors (Lipinski definition) is 2. The number of hydrogen-bond acceptors (Lipinski definition) is 7. The summed E-state index contributed by atoms with van der Waals surface area (Å²) in [5.74, 6) is 0.718. The number of anilines is 2. The topological polar surface area (TPSA) is 103 Å². The number of ether oxygens (including phenoxy) is 1. The molecule has 0 fully saturated rings. The van der Waals surface area contributed by atoms with Crippen molar-refractivity contribution in [2.45, 2.75) is 19.8 Å². The van der Waals surface area contributed by atoms with E-state index in [2.05, 4.69) is 20.3 Å². The molecule has 0 atom stereocenters. The average molecular weight is 370 g/mol. The summed E-state index contributed by atoms with van der Waals surface area (Å²) < 4.78 is 5.15. The number of nitrogens with one attached hydrogen (secondary N) is 1. The van der Waals surface area contributed by atoms with E-state index < -0.39 is 5.97 Å². The van der Waals surface area contributed by atoms with Gasteiger partial charge in [0.15, 0.2) is 0 Å². The second-order valence-electron chi connectivity index (χ2n) is 5.22. The van der Waals surface area contributed by atoms with Gasteiger partial charge in [0.2, 0.25) is 11.9 Å². The Morgan fingerprint density at radius 2 is 2.00 bits per heavy atom. The molecule has 24 heavy (non-hydrogen) atoms. The Bertz CT molecular complexity index is 740. The molecular formula is C15H17Cl2N5O2. The summed E-state index contributed by atoms with van der Waals surface area (Å²) in [5.41, 5.74) is 5.97. The minimum absolute atomic E-state index is 0.127. The molecule has 0 bridgehead atoms. The molecule has 1 heterocycles. The highest BCUT2D eigenvalue weighted by Gasteiger charge is 2.10. The van der Waals surface area contributed by atoms with Crippen molar-refractivity contribution in [3.8, 4) is 0 Å². The van der Waals surface area contributed by atoms with Gasteiger partial charge < -0.3 is 15.8 Å². The molecule has 0 aliphatic heterocycles. The largest absolute Gasteiger partial charge is 0.460 e. The fourth-order valence-corrected chi connectivity index (χ4v) is 2.06. The zero-order valence-electron chi connectivity index (χ0n) is 13.2. The van der Waals surface area contributed by atoms with Crippen LogP contribution in [0.4, 0.5) is 11.9 Å². The van der Waals surface area contributed by atoms with Crippen molar-refractivity contribution in [2.24, 2.45) is 0 Å². The Morgan fingerprint density at radius 3 is 2.67 bits per heavy atom. The first-order valence-corrected chi connectivity index (χ1v) is 8.00. The van der Waals surface area contributed by atoms with Crippen molar-refractivity contribution in [1.29, 1.82) is 0 Å². The Morgan fingerprint density at radius 1 is 1.25 bits per heavy atom. The minimum Gasteiger partial charge on any atom is -0.460 e. The van der Waals surface area contributed by atoms with Crippen LogP contribution in [0.2, 0.25) is 10.0 Å². The lowest BCUT2D eigenvalue weighted by molar-refractivity contribution is 0.0520. The maximum atomic E-state index is 11.9. The van der Waals surface area contributed by atoms with Gasteiger partial charge in [0.1, 0.15) is 12.4 Å². The van der Waals surface area contributed by atoms with Gasteiger partial charge in [0.25, 0.3) is 0 Å². The van der Waals surface area contributed by atoms with Crippen molar-refractivity contribution in [1.82, 2.24) is 15.0 Å². The molecular weight excluding hydrogens is 353 g/mol. The Balaban J connectivity index is 1.86.